The maximum absolute atomic E-state index is 12.3. The molecule has 3 saturated carbocycles. The Morgan fingerprint density at radius 1 is 0.584 bits per heavy atom. The summed E-state index contributed by atoms with van der Waals surface area (Å²) in [5.74, 6) is 1.75. The normalized spacial score (nSPS) is 16.6. The van der Waals surface area contributed by atoms with Gasteiger partial charge in [-0.05, 0) is 135 Å². The minimum absolute atomic E-state index is 0.0465. The number of para-hydroxylation sites is 2. The van der Waals surface area contributed by atoms with Crippen molar-refractivity contribution in [2.45, 2.75) is 177 Å². The van der Waals surface area contributed by atoms with Crippen LogP contribution < -0.4 is 9.47 Å². The summed E-state index contributed by atoms with van der Waals surface area (Å²) in [5, 5.41) is 0. The fourth-order valence-electron chi connectivity index (χ4n) is 10.3. The Morgan fingerprint density at radius 3 is 1.34 bits per heavy atom. The predicted octanol–water partition coefficient (Wildman–Crippen LogP) is 16.8. The van der Waals surface area contributed by atoms with Gasteiger partial charge in [0.15, 0.2) is 0 Å². The molecule has 14 heteroatoms. The summed E-state index contributed by atoms with van der Waals surface area (Å²) in [7, 11) is 4.85. The smallest absolute Gasteiger partial charge is 0.207 e. The number of aryl methyl sites for hydroxylation is 2. The van der Waals surface area contributed by atoms with Crippen LogP contribution in [0.25, 0.3) is 6.08 Å². The van der Waals surface area contributed by atoms with Crippen molar-refractivity contribution in [3.63, 3.8) is 0 Å². The number of ether oxygens (including phenoxy) is 2. The standard InChI is InChI=1S/C18H33P.C13H17NO2S.C11H13NO2S.C11H14O.C10H12O.2ClH.Ru/c1-4-10-16(11-5-1)19(17-12-6-2-7-13-17)18-14-8-3-9-15-18;1-4-10-14(11-5-2)17(15,16)13-8-6-12(3)7-9-13;1-10-4-6-11(7-5-10)15(13,14)12-8-2-3-9-12;1-4-10-7-5-6-8-11(10)12-9(2)3;1-8(2)11-10-7-5-4-6-9(10)3;;;/h16-18H,1-15H2;4-9H,1-2,10-11H2,3H3;2-7H,8-9H2,1H3;4-9H,1H2,2-3H3;3-8H,1-2H3;2*1H;/q;;;;;;;+2/p-1. The van der Waals surface area contributed by atoms with Gasteiger partial charge in [-0.25, -0.2) is 16.8 Å². The number of nitrogens with zero attached hydrogens (tertiary/aromatic N) is 2. The number of hydrogen-bond acceptors (Lipinski definition) is 6. The Morgan fingerprint density at radius 2 is 0.961 bits per heavy atom. The number of rotatable bonds is 17. The average Bonchev–Trinajstić information content (AvgIpc) is 3.98. The molecule has 0 spiro atoms. The summed E-state index contributed by atoms with van der Waals surface area (Å²) in [4.78, 5) is 0.670. The van der Waals surface area contributed by atoms with E-state index in [0.717, 1.165) is 33.8 Å². The van der Waals surface area contributed by atoms with Crippen molar-refractivity contribution in [3.05, 3.63) is 163 Å². The molecule has 4 aliphatic rings. The monoisotopic (exact) mass is 1240 g/mol. The van der Waals surface area contributed by atoms with E-state index in [9.17, 15) is 16.8 Å². The van der Waals surface area contributed by atoms with E-state index in [1.54, 1.807) is 151 Å². The molecular formula is C63H90Cl2N2O6PRuS2+. The van der Waals surface area contributed by atoms with Gasteiger partial charge in [0.25, 0.3) is 0 Å². The summed E-state index contributed by atoms with van der Waals surface area (Å²) in [6.45, 7) is 24.2. The molecule has 0 amide bonds. The van der Waals surface area contributed by atoms with Gasteiger partial charge < -0.3 is 4.74 Å². The molecule has 4 aromatic rings. The summed E-state index contributed by atoms with van der Waals surface area (Å²) in [6.07, 6.45) is 32.8. The molecule has 4 aromatic carbocycles. The molecule has 1 heterocycles. The number of hydrogen-bond donors (Lipinski definition) is 0. The van der Waals surface area contributed by atoms with Gasteiger partial charge in [0, 0.05) is 39.7 Å². The van der Waals surface area contributed by atoms with E-state index in [0.29, 0.717) is 22.9 Å². The molecule has 426 valence electrons. The van der Waals surface area contributed by atoms with Crippen LogP contribution in [0.1, 0.15) is 146 Å². The van der Waals surface area contributed by atoms with Gasteiger partial charge in [-0.15, -0.1) is 13.2 Å². The minimum atomic E-state index is -3.45. The molecule has 8 nitrogen and oxygen atoms in total. The first-order valence-corrected chi connectivity index (χ1v) is 37.8. The molecule has 0 aromatic heterocycles. The molecule has 0 radical (unpaired) electrons. The van der Waals surface area contributed by atoms with Crippen molar-refractivity contribution in [2.24, 2.45) is 0 Å². The van der Waals surface area contributed by atoms with Crippen LogP contribution in [0.5, 0.6) is 11.5 Å². The Balaban J connectivity index is 0.000000210. The second-order valence-electron chi connectivity index (χ2n) is 20.7. The molecule has 0 atom stereocenters. The molecular weight excluding hydrogens is 1150 g/mol. The van der Waals surface area contributed by atoms with Crippen molar-refractivity contribution >= 4 is 58.0 Å². The van der Waals surface area contributed by atoms with Crippen LogP contribution in [0.15, 0.2) is 151 Å². The van der Waals surface area contributed by atoms with Crippen molar-refractivity contribution < 1.29 is 39.8 Å². The van der Waals surface area contributed by atoms with E-state index in [1.807, 2.05) is 119 Å². The first kappa shape index (κ1) is 66.3. The van der Waals surface area contributed by atoms with Crippen molar-refractivity contribution in [1.29, 1.82) is 0 Å². The molecule has 8 rings (SSSR count). The fourth-order valence-corrected chi connectivity index (χ4v) is 20.0. The van der Waals surface area contributed by atoms with Gasteiger partial charge in [0.1, 0.15) is 5.75 Å². The van der Waals surface area contributed by atoms with Crippen LogP contribution in [0, 0.1) is 13.8 Å². The zero-order valence-corrected chi connectivity index (χ0v) is 52.8. The van der Waals surface area contributed by atoms with E-state index < -0.39 is 33.6 Å². The number of sulfonamides is 2. The van der Waals surface area contributed by atoms with Gasteiger partial charge >= 0.3 is 97.8 Å². The van der Waals surface area contributed by atoms with Crippen molar-refractivity contribution in [3.8, 4) is 11.5 Å². The summed E-state index contributed by atoms with van der Waals surface area (Å²) >= 11 is -1.77. The van der Waals surface area contributed by atoms with Crippen LogP contribution in [0.2, 0.25) is 0 Å². The molecule has 0 N–H and O–H groups in total. The van der Waals surface area contributed by atoms with E-state index in [2.05, 4.69) is 19.7 Å². The first-order valence-electron chi connectivity index (χ1n) is 27.7. The maximum Gasteiger partial charge on any atom is 0.243 e. The topological polar surface area (TPSA) is 93.2 Å². The maximum atomic E-state index is 12.3. The van der Waals surface area contributed by atoms with Crippen LogP contribution in [0.3, 0.4) is 0 Å². The first-order chi connectivity index (χ1) is 36.9. The Bertz CT molecular complexity index is 2600. The van der Waals surface area contributed by atoms with Gasteiger partial charge in [-0.2, -0.15) is 8.61 Å². The molecule has 1 aliphatic heterocycles. The van der Waals surface area contributed by atoms with Crippen LogP contribution in [0.4, 0.5) is 0 Å². The summed E-state index contributed by atoms with van der Waals surface area (Å²) < 4.78 is 64.4. The molecule has 3 aliphatic carbocycles. The second kappa shape index (κ2) is 35.5. The molecule has 0 unspecified atom stereocenters. The largest absolute Gasteiger partial charge is 0.243 e. The third-order valence-corrected chi connectivity index (χ3v) is 24.1. The SMILES string of the molecule is C1CCC([PH+](C2CCCCC2)C2CCCCC2)CC1.C=CCN(CC=C)S(=O)(=O)c1ccc(C)cc1.C=Cc1ccccc1OC(C)C.CC(C)Oc1ccccc1[CH]=[Ru]([Cl])[Cl].Cc1ccc(S(=O)(=O)N2CC=CC2)cc1. The second-order valence-corrected chi connectivity index (χ2v) is 33.8. The van der Waals surface area contributed by atoms with Crippen molar-refractivity contribution in [1.82, 2.24) is 8.61 Å². The minimum Gasteiger partial charge on any atom is -0.207 e. The van der Waals surface area contributed by atoms with Gasteiger partial charge in [0.2, 0.25) is 20.0 Å². The molecule has 0 saturated heterocycles. The van der Waals surface area contributed by atoms with Gasteiger partial charge in [-0.1, -0.05) is 110 Å². The molecule has 77 heavy (non-hydrogen) atoms. The Labute approximate surface area is 480 Å². The summed E-state index contributed by atoms with van der Waals surface area (Å²) in [6, 6.07) is 29.4. The number of benzene rings is 4. The van der Waals surface area contributed by atoms with Crippen LogP contribution in [-0.2, 0) is 33.6 Å². The Kier molecular flexibility index (Phi) is 30.5. The zero-order chi connectivity index (χ0) is 56.2. The van der Waals surface area contributed by atoms with Gasteiger partial charge in [0.05, 0.1) is 32.9 Å². The zero-order valence-electron chi connectivity index (χ0n) is 46.9. The average molecular weight is 1240 g/mol. The van der Waals surface area contributed by atoms with E-state index in [1.165, 1.54) is 25.6 Å². The predicted molar refractivity (Wildman–Crippen MR) is 330 cm³/mol. The van der Waals surface area contributed by atoms with Crippen molar-refractivity contribution in [2.75, 3.05) is 26.2 Å². The van der Waals surface area contributed by atoms with Gasteiger partial charge in [-0.3, -0.25) is 0 Å². The van der Waals surface area contributed by atoms with E-state index >= 15 is 0 Å². The number of halogens is 2. The third-order valence-electron chi connectivity index (χ3n) is 14.0. The van der Waals surface area contributed by atoms with Crippen LogP contribution >= 0.6 is 27.3 Å². The molecule has 3 fully saturated rings. The summed E-state index contributed by atoms with van der Waals surface area (Å²) in [5.41, 5.74) is 7.81. The van der Waals surface area contributed by atoms with E-state index in [-0.39, 0.29) is 33.2 Å². The quantitative estimate of drug-likeness (QED) is 0.0594. The Hall–Kier alpha value is -3.24. The third kappa shape index (κ3) is 23.0. The fraction of sp³-hybridized carbons (Fsp3) is 0.476. The van der Waals surface area contributed by atoms with E-state index in [4.69, 9.17) is 28.9 Å². The van der Waals surface area contributed by atoms with Crippen LogP contribution in [-0.4, -0.2) is 85.4 Å². The molecule has 0 bridgehead atoms.